The number of halogens is 2. The lowest BCUT2D eigenvalue weighted by Gasteiger charge is -2.36. The van der Waals surface area contributed by atoms with Crippen molar-refractivity contribution >= 4 is 51.8 Å². The molecule has 1 N–H and O–H groups in total. The van der Waals surface area contributed by atoms with E-state index in [1.807, 2.05) is 17.0 Å². The highest BCUT2D eigenvalue weighted by molar-refractivity contribution is 14.0. The molecule has 0 bridgehead atoms. The highest BCUT2D eigenvalue weighted by Crippen LogP contribution is 2.11. The normalized spacial score (nSPS) is 14.8. The maximum Gasteiger partial charge on any atom is 0.289 e. The second-order valence-corrected chi connectivity index (χ2v) is 6.70. The molecule has 0 spiro atoms. The molecule has 0 radical (unpaired) electrons. The first-order valence-corrected chi connectivity index (χ1v) is 8.99. The van der Waals surface area contributed by atoms with Crippen LogP contribution in [0.2, 0.25) is 0 Å². The molecule has 3 rings (SSSR count). The Labute approximate surface area is 178 Å². The Morgan fingerprint density at radius 1 is 1.15 bits per heavy atom. The standard InChI is InChI=1S/C18H21BrN4O2.HI/c1-20-18(21-13-14-4-6-15(19)7-5-14)23-10-8-22(9-11-23)17(24)16-3-2-12-25-16;/h2-7,12H,8-11,13H2,1H3,(H,20,21);1H. The average molecular weight is 533 g/mol. The van der Waals surface area contributed by atoms with Gasteiger partial charge in [0.15, 0.2) is 11.7 Å². The fourth-order valence-electron chi connectivity index (χ4n) is 2.79. The fourth-order valence-corrected chi connectivity index (χ4v) is 3.06. The number of amides is 1. The molecule has 2 heterocycles. The van der Waals surface area contributed by atoms with Gasteiger partial charge in [0.1, 0.15) is 0 Å². The Bertz CT molecular complexity index is 726. The summed E-state index contributed by atoms with van der Waals surface area (Å²) in [4.78, 5) is 20.7. The molecule has 0 saturated carbocycles. The molecule has 140 valence electrons. The summed E-state index contributed by atoms with van der Waals surface area (Å²) in [7, 11) is 1.78. The van der Waals surface area contributed by atoms with Gasteiger partial charge in [0.25, 0.3) is 5.91 Å². The Kier molecular flexibility index (Phi) is 7.95. The van der Waals surface area contributed by atoms with Crippen LogP contribution in [0.3, 0.4) is 0 Å². The Balaban J connectivity index is 0.00000243. The number of rotatable bonds is 3. The molecule has 1 aliphatic heterocycles. The molecule has 0 aliphatic carbocycles. The average Bonchev–Trinajstić information content (AvgIpc) is 3.18. The third-order valence-corrected chi connectivity index (χ3v) is 4.70. The second kappa shape index (κ2) is 9.96. The van der Waals surface area contributed by atoms with E-state index in [1.165, 1.54) is 11.8 Å². The molecular formula is C18H22BrIN4O2. The lowest BCUT2D eigenvalue weighted by molar-refractivity contribution is 0.0657. The predicted octanol–water partition coefficient (Wildman–Crippen LogP) is 3.19. The van der Waals surface area contributed by atoms with Gasteiger partial charge in [-0.2, -0.15) is 0 Å². The molecule has 26 heavy (non-hydrogen) atoms. The van der Waals surface area contributed by atoms with Gasteiger partial charge in [0.05, 0.1) is 6.26 Å². The summed E-state index contributed by atoms with van der Waals surface area (Å²) < 4.78 is 6.26. The quantitative estimate of drug-likeness (QED) is 0.375. The van der Waals surface area contributed by atoms with Crippen LogP contribution in [-0.2, 0) is 6.54 Å². The van der Waals surface area contributed by atoms with E-state index in [9.17, 15) is 4.79 Å². The number of carbonyl (C=O) groups excluding carboxylic acids is 1. The third kappa shape index (κ3) is 5.23. The summed E-state index contributed by atoms with van der Waals surface area (Å²) in [6, 6.07) is 11.6. The van der Waals surface area contributed by atoms with Crippen LogP contribution in [0.5, 0.6) is 0 Å². The number of guanidine groups is 1. The summed E-state index contributed by atoms with van der Waals surface area (Å²) in [6.07, 6.45) is 1.53. The van der Waals surface area contributed by atoms with Gasteiger partial charge in [-0.3, -0.25) is 9.79 Å². The van der Waals surface area contributed by atoms with Crippen molar-refractivity contribution in [3.05, 3.63) is 58.5 Å². The molecule has 1 fully saturated rings. The Hall–Kier alpha value is -1.55. The highest BCUT2D eigenvalue weighted by Gasteiger charge is 2.25. The zero-order chi connectivity index (χ0) is 17.6. The zero-order valence-corrected chi connectivity index (χ0v) is 18.4. The van der Waals surface area contributed by atoms with Gasteiger partial charge in [-0.1, -0.05) is 28.1 Å². The van der Waals surface area contributed by atoms with Crippen LogP contribution >= 0.6 is 39.9 Å². The highest BCUT2D eigenvalue weighted by atomic mass is 127. The molecule has 1 saturated heterocycles. The Morgan fingerprint density at radius 2 is 1.81 bits per heavy atom. The molecule has 1 aromatic carbocycles. The predicted molar refractivity (Wildman–Crippen MR) is 116 cm³/mol. The third-order valence-electron chi connectivity index (χ3n) is 4.17. The molecule has 1 aliphatic rings. The number of hydrogen-bond donors (Lipinski definition) is 1. The number of aliphatic imine (C=N–C) groups is 1. The van der Waals surface area contributed by atoms with Crippen LogP contribution in [0.15, 0.2) is 56.5 Å². The van der Waals surface area contributed by atoms with Crippen LogP contribution < -0.4 is 5.32 Å². The van der Waals surface area contributed by atoms with Crippen molar-refractivity contribution in [2.45, 2.75) is 6.54 Å². The van der Waals surface area contributed by atoms with Crippen molar-refractivity contribution in [1.29, 1.82) is 0 Å². The topological polar surface area (TPSA) is 61.1 Å². The van der Waals surface area contributed by atoms with Gasteiger partial charge in [-0.25, -0.2) is 0 Å². The number of nitrogens with zero attached hydrogens (tertiary/aromatic N) is 3. The molecule has 2 aromatic rings. The van der Waals surface area contributed by atoms with Crippen molar-refractivity contribution in [2.24, 2.45) is 4.99 Å². The maximum atomic E-state index is 12.3. The molecule has 0 atom stereocenters. The fraction of sp³-hybridized carbons (Fsp3) is 0.333. The van der Waals surface area contributed by atoms with Crippen LogP contribution in [0, 0.1) is 0 Å². The molecule has 0 unspecified atom stereocenters. The van der Waals surface area contributed by atoms with Crippen molar-refractivity contribution in [3.8, 4) is 0 Å². The first-order valence-electron chi connectivity index (χ1n) is 8.20. The van der Waals surface area contributed by atoms with E-state index >= 15 is 0 Å². The zero-order valence-electron chi connectivity index (χ0n) is 14.5. The van der Waals surface area contributed by atoms with Crippen molar-refractivity contribution < 1.29 is 9.21 Å². The first-order chi connectivity index (χ1) is 12.2. The minimum absolute atomic E-state index is 0. The lowest BCUT2D eigenvalue weighted by Crippen LogP contribution is -2.53. The van der Waals surface area contributed by atoms with Gasteiger partial charge in [-0.05, 0) is 29.8 Å². The molecule has 8 heteroatoms. The van der Waals surface area contributed by atoms with E-state index < -0.39 is 0 Å². The number of carbonyl (C=O) groups is 1. The number of benzene rings is 1. The number of nitrogens with one attached hydrogen (secondary N) is 1. The van der Waals surface area contributed by atoms with Gasteiger partial charge in [0, 0.05) is 44.2 Å². The van der Waals surface area contributed by atoms with Gasteiger partial charge >= 0.3 is 0 Å². The van der Waals surface area contributed by atoms with Crippen molar-refractivity contribution in [2.75, 3.05) is 33.2 Å². The second-order valence-electron chi connectivity index (χ2n) is 5.78. The number of hydrogen-bond acceptors (Lipinski definition) is 3. The van der Waals surface area contributed by atoms with E-state index in [0.717, 1.165) is 23.5 Å². The summed E-state index contributed by atoms with van der Waals surface area (Å²) in [6.45, 7) is 3.50. The van der Waals surface area contributed by atoms with E-state index in [4.69, 9.17) is 4.42 Å². The van der Waals surface area contributed by atoms with Crippen molar-refractivity contribution in [1.82, 2.24) is 15.1 Å². The minimum atomic E-state index is -0.0533. The smallest absolute Gasteiger partial charge is 0.289 e. The lowest BCUT2D eigenvalue weighted by atomic mass is 10.2. The maximum absolute atomic E-state index is 12.3. The molecule has 6 nitrogen and oxygen atoms in total. The monoisotopic (exact) mass is 532 g/mol. The van der Waals surface area contributed by atoms with E-state index in [2.05, 4.69) is 43.3 Å². The van der Waals surface area contributed by atoms with Gasteiger partial charge in [0.2, 0.25) is 0 Å². The van der Waals surface area contributed by atoms with E-state index in [0.29, 0.717) is 25.4 Å². The SMILES string of the molecule is CN=C(NCc1ccc(Br)cc1)N1CCN(C(=O)c2ccco2)CC1.I. The molecule has 1 amide bonds. The van der Waals surface area contributed by atoms with Crippen LogP contribution in [0.1, 0.15) is 16.1 Å². The largest absolute Gasteiger partial charge is 0.459 e. The van der Waals surface area contributed by atoms with E-state index in [1.54, 1.807) is 19.2 Å². The van der Waals surface area contributed by atoms with E-state index in [-0.39, 0.29) is 29.9 Å². The van der Waals surface area contributed by atoms with Gasteiger partial charge < -0.3 is 19.5 Å². The van der Waals surface area contributed by atoms with Crippen LogP contribution in [0.25, 0.3) is 0 Å². The summed E-state index contributed by atoms with van der Waals surface area (Å²) in [5.74, 6) is 1.20. The van der Waals surface area contributed by atoms with Gasteiger partial charge in [-0.15, -0.1) is 24.0 Å². The summed E-state index contributed by atoms with van der Waals surface area (Å²) in [5.41, 5.74) is 1.19. The molecular weight excluding hydrogens is 511 g/mol. The number of piperazine rings is 1. The number of furan rings is 1. The molecule has 1 aromatic heterocycles. The van der Waals surface area contributed by atoms with Crippen LogP contribution in [-0.4, -0.2) is 54.9 Å². The summed E-state index contributed by atoms with van der Waals surface area (Å²) >= 11 is 3.44. The summed E-state index contributed by atoms with van der Waals surface area (Å²) in [5, 5.41) is 3.39. The Morgan fingerprint density at radius 3 is 2.38 bits per heavy atom. The minimum Gasteiger partial charge on any atom is -0.459 e. The van der Waals surface area contributed by atoms with Crippen LogP contribution in [0.4, 0.5) is 0 Å². The first kappa shape index (κ1) is 20.8. The van der Waals surface area contributed by atoms with Crippen molar-refractivity contribution in [3.63, 3.8) is 0 Å².